The van der Waals surface area contributed by atoms with Crippen molar-refractivity contribution in [2.24, 2.45) is 7.05 Å². The summed E-state index contributed by atoms with van der Waals surface area (Å²) in [5.74, 6) is -2.51. The van der Waals surface area contributed by atoms with Gasteiger partial charge in [-0.25, -0.2) is 13.8 Å². The largest absolute Gasteiger partial charge is 0.369 e. The molecular weight excluding hydrogens is 236 g/mol. The van der Waals surface area contributed by atoms with Crippen LogP contribution < -0.4 is 4.90 Å². The maximum absolute atomic E-state index is 13.2. The van der Waals surface area contributed by atoms with Crippen molar-refractivity contribution in [3.8, 4) is 0 Å². The van der Waals surface area contributed by atoms with E-state index in [1.54, 1.807) is 6.33 Å². The number of fused-ring (bicyclic) bond motifs is 1. The van der Waals surface area contributed by atoms with Gasteiger partial charge in [-0.1, -0.05) is 6.07 Å². The van der Waals surface area contributed by atoms with Gasteiger partial charge in [-0.3, -0.25) is 0 Å². The molecule has 0 amide bonds. The van der Waals surface area contributed by atoms with Gasteiger partial charge >= 0.3 is 0 Å². The first kappa shape index (κ1) is 11.4. The molecule has 1 aliphatic rings. The second-order valence-corrected chi connectivity index (χ2v) is 4.84. The molecule has 0 atom stereocenters. The summed E-state index contributed by atoms with van der Waals surface area (Å²) in [6, 6.07) is 5.90. The maximum atomic E-state index is 13.2. The molecule has 5 heteroatoms. The third-order valence-corrected chi connectivity index (χ3v) is 3.57. The summed E-state index contributed by atoms with van der Waals surface area (Å²) in [7, 11) is 1.93. The van der Waals surface area contributed by atoms with E-state index in [1.807, 2.05) is 34.7 Å². The van der Waals surface area contributed by atoms with Crippen molar-refractivity contribution >= 4 is 16.7 Å². The molecule has 1 saturated heterocycles. The molecule has 0 bridgehead atoms. The Balaban J connectivity index is 1.95. The third kappa shape index (κ3) is 1.83. The Bertz CT molecular complexity index is 567. The number of aryl methyl sites for hydroxylation is 1. The molecule has 3 rings (SSSR count). The average Bonchev–Trinajstić information content (AvgIpc) is 2.72. The van der Waals surface area contributed by atoms with E-state index in [9.17, 15) is 8.78 Å². The summed E-state index contributed by atoms with van der Waals surface area (Å²) < 4.78 is 28.3. The van der Waals surface area contributed by atoms with Gasteiger partial charge < -0.3 is 9.47 Å². The van der Waals surface area contributed by atoms with Gasteiger partial charge in [0.2, 0.25) is 0 Å². The number of imidazole rings is 1. The summed E-state index contributed by atoms with van der Waals surface area (Å²) in [5, 5.41) is 0. The van der Waals surface area contributed by atoms with Crippen molar-refractivity contribution in [3.63, 3.8) is 0 Å². The molecule has 0 unspecified atom stereocenters. The normalized spacial score (nSPS) is 19.4. The smallest absolute Gasteiger partial charge is 0.251 e. The molecule has 1 aromatic carbocycles. The lowest BCUT2D eigenvalue weighted by molar-refractivity contribution is -0.0220. The van der Waals surface area contributed by atoms with E-state index in [0.29, 0.717) is 13.1 Å². The van der Waals surface area contributed by atoms with E-state index >= 15 is 0 Å². The van der Waals surface area contributed by atoms with Crippen LogP contribution in [0.3, 0.4) is 0 Å². The highest BCUT2D eigenvalue weighted by Crippen LogP contribution is 2.33. The molecule has 0 saturated carbocycles. The first-order valence-corrected chi connectivity index (χ1v) is 6.10. The van der Waals surface area contributed by atoms with Gasteiger partial charge in [0.05, 0.1) is 17.5 Å². The predicted molar refractivity (Wildman–Crippen MR) is 67.1 cm³/mol. The molecule has 18 heavy (non-hydrogen) atoms. The number of anilines is 1. The number of hydrogen-bond donors (Lipinski definition) is 0. The van der Waals surface area contributed by atoms with Crippen LogP contribution in [0.4, 0.5) is 14.5 Å². The van der Waals surface area contributed by atoms with Gasteiger partial charge in [0, 0.05) is 33.0 Å². The number of nitrogens with zero attached hydrogens (tertiary/aromatic N) is 3. The summed E-state index contributed by atoms with van der Waals surface area (Å²) in [4.78, 5) is 6.37. The van der Waals surface area contributed by atoms with Crippen molar-refractivity contribution in [2.45, 2.75) is 18.8 Å². The first-order valence-electron chi connectivity index (χ1n) is 6.10. The van der Waals surface area contributed by atoms with Crippen molar-refractivity contribution in [3.05, 3.63) is 24.5 Å². The van der Waals surface area contributed by atoms with Gasteiger partial charge in [0.1, 0.15) is 5.52 Å². The van der Waals surface area contributed by atoms with Gasteiger partial charge in [-0.2, -0.15) is 0 Å². The Kier molecular flexibility index (Phi) is 2.50. The molecule has 0 radical (unpaired) electrons. The molecule has 0 spiro atoms. The number of benzene rings is 1. The van der Waals surface area contributed by atoms with E-state index in [4.69, 9.17) is 0 Å². The van der Waals surface area contributed by atoms with Crippen LogP contribution >= 0.6 is 0 Å². The highest BCUT2D eigenvalue weighted by atomic mass is 19.3. The van der Waals surface area contributed by atoms with Crippen molar-refractivity contribution in [2.75, 3.05) is 18.0 Å². The number of aromatic nitrogens is 2. The highest BCUT2D eigenvalue weighted by Gasteiger charge is 2.34. The fourth-order valence-electron chi connectivity index (χ4n) is 2.47. The lowest BCUT2D eigenvalue weighted by Crippen LogP contribution is -2.39. The summed E-state index contributed by atoms with van der Waals surface area (Å²) >= 11 is 0. The predicted octanol–water partition coefficient (Wildman–Crippen LogP) is 2.81. The van der Waals surface area contributed by atoms with Crippen LogP contribution in [-0.2, 0) is 7.05 Å². The molecule has 1 fully saturated rings. The molecule has 0 N–H and O–H groups in total. The van der Waals surface area contributed by atoms with Crippen molar-refractivity contribution in [1.29, 1.82) is 0 Å². The standard InChI is InChI=1S/C13H15F2N3/c1-17-9-16-12-10(17)3-2-4-11(12)18-7-5-13(14,15)6-8-18/h2-4,9H,5-8H2,1H3. The zero-order chi connectivity index (χ0) is 12.8. The van der Waals surface area contributed by atoms with Gasteiger partial charge in [-0.05, 0) is 12.1 Å². The number of rotatable bonds is 1. The minimum atomic E-state index is -2.51. The van der Waals surface area contributed by atoms with Crippen molar-refractivity contribution in [1.82, 2.24) is 9.55 Å². The molecule has 2 heterocycles. The zero-order valence-corrected chi connectivity index (χ0v) is 10.2. The van der Waals surface area contributed by atoms with Gasteiger partial charge in [-0.15, -0.1) is 0 Å². The molecule has 96 valence electrons. The summed E-state index contributed by atoms with van der Waals surface area (Å²) in [6.45, 7) is 0.783. The van der Waals surface area contributed by atoms with Crippen LogP contribution in [0.1, 0.15) is 12.8 Å². The fraction of sp³-hybridized carbons (Fsp3) is 0.462. The van der Waals surface area contributed by atoms with Crippen molar-refractivity contribution < 1.29 is 8.78 Å². The van der Waals surface area contributed by atoms with E-state index in [1.165, 1.54) is 0 Å². The van der Waals surface area contributed by atoms with Gasteiger partial charge in [0.15, 0.2) is 0 Å². The minimum absolute atomic E-state index is 0.0732. The number of halogens is 2. The van der Waals surface area contributed by atoms with E-state index in [2.05, 4.69) is 4.98 Å². The van der Waals surface area contributed by atoms with E-state index in [-0.39, 0.29) is 12.8 Å². The SMILES string of the molecule is Cn1cnc2c(N3CCC(F)(F)CC3)cccc21. The third-order valence-electron chi connectivity index (χ3n) is 3.57. The summed E-state index contributed by atoms with van der Waals surface area (Å²) in [6.07, 6.45) is 1.61. The lowest BCUT2D eigenvalue weighted by atomic mass is 10.1. The Morgan fingerprint density at radius 1 is 1.22 bits per heavy atom. The Hall–Kier alpha value is -1.65. The van der Waals surface area contributed by atoms with Crippen LogP contribution in [0.15, 0.2) is 24.5 Å². The summed E-state index contributed by atoms with van der Waals surface area (Å²) in [5.41, 5.74) is 2.89. The number of piperidine rings is 1. The highest BCUT2D eigenvalue weighted by molar-refractivity contribution is 5.89. The van der Waals surface area contributed by atoms with Crippen LogP contribution in [0, 0.1) is 0 Å². The van der Waals surface area contributed by atoms with Crippen LogP contribution in [0.5, 0.6) is 0 Å². The fourth-order valence-corrected chi connectivity index (χ4v) is 2.47. The quantitative estimate of drug-likeness (QED) is 0.777. The minimum Gasteiger partial charge on any atom is -0.369 e. The van der Waals surface area contributed by atoms with Crippen LogP contribution in [-0.4, -0.2) is 28.6 Å². The van der Waals surface area contributed by atoms with Crippen LogP contribution in [0.25, 0.3) is 11.0 Å². The number of alkyl halides is 2. The molecular formula is C13H15F2N3. The Morgan fingerprint density at radius 3 is 2.67 bits per heavy atom. The maximum Gasteiger partial charge on any atom is 0.251 e. The van der Waals surface area contributed by atoms with E-state index in [0.717, 1.165) is 16.7 Å². The molecule has 0 aliphatic carbocycles. The molecule has 1 aromatic heterocycles. The molecule has 3 nitrogen and oxygen atoms in total. The lowest BCUT2D eigenvalue weighted by Gasteiger charge is -2.33. The Labute approximate surface area is 104 Å². The first-order chi connectivity index (χ1) is 8.57. The van der Waals surface area contributed by atoms with Crippen LogP contribution in [0.2, 0.25) is 0 Å². The Morgan fingerprint density at radius 2 is 1.94 bits per heavy atom. The zero-order valence-electron chi connectivity index (χ0n) is 10.2. The monoisotopic (exact) mass is 251 g/mol. The molecule has 2 aromatic rings. The topological polar surface area (TPSA) is 21.1 Å². The van der Waals surface area contributed by atoms with E-state index < -0.39 is 5.92 Å². The number of para-hydroxylation sites is 1. The number of hydrogen-bond acceptors (Lipinski definition) is 2. The average molecular weight is 251 g/mol. The van der Waals surface area contributed by atoms with Gasteiger partial charge in [0.25, 0.3) is 5.92 Å². The second-order valence-electron chi connectivity index (χ2n) is 4.84. The second kappa shape index (κ2) is 3.93. The molecule has 1 aliphatic heterocycles.